The fraction of sp³-hybridized carbons (Fsp3) is 0.118. The number of benzene rings is 2. The van der Waals surface area contributed by atoms with E-state index in [4.69, 9.17) is 5.73 Å². The Balaban J connectivity index is 2.16. The number of hydrogen-bond donors (Lipinski definition) is 2. The van der Waals surface area contributed by atoms with Crippen LogP contribution in [0.1, 0.15) is 32.3 Å². The summed E-state index contributed by atoms with van der Waals surface area (Å²) in [4.78, 5) is 35.2. The van der Waals surface area contributed by atoms with Gasteiger partial charge in [-0.2, -0.15) is 0 Å². The normalized spacial score (nSPS) is 11.3. The summed E-state index contributed by atoms with van der Waals surface area (Å²) in [7, 11) is 1.28. The Bertz CT molecular complexity index is 711. The lowest BCUT2D eigenvalue weighted by Crippen LogP contribution is -2.37. The molecule has 2 aromatic carbocycles. The standard InChI is InChI=1S/C17H16N2O4/c1-23-17(22)13-9-7-12(8-10-13)16(21)19-14(15(18)20)11-5-3-2-4-6-11/h2-10,14H,1H3,(H2,18,20)(H,19,21). The van der Waals surface area contributed by atoms with Crippen LogP contribution in [0, 0.1) is 0 Å². The van der Waals surface area contributed by atoms with Gasteiger partial charge in [-0.05, 0) is 29.8 Å². The van der Waals surface area contributed by atoms with E-state index in [1.807, 2.05) is 0 Å². The zero-order valence-corrected chi connectivity index (χ0v) is 12.5. The van der Waals surface area contributed by atoms with Crippen LogP contribution in [-0.4, -0.2) is 24.9 Å². The highest BCUT2D eigenvalue weighted by atomic mass is 16.5. The molecule has 0 aliphatic heterocycles. The number of rotatable bonds is 5. The molecular formula is C17H16N2O4. The van der Waals surface area contributed by atoms with Crippen LogP contribution in [0.2, 0.25) is 0 Å². The summed E-state index contributed by atoms with van der Waals surface area (Å²) in [5.74, 6) is -1.61. The number of hydrogen-bond acceptors (Lipinski definition) is 4. The predicted molar refractivity (Wildman–Crippen MR) is 83.6 cm³/mol. The quantitative estimate of drug-likeness (QED) is 0.816. The molecule has 3 N–H and O–H groups in total. The molecule has 23 heavy (non-hydrogen) atoms. The molecule has 1 unspecified atom stereocenters. The molecule has 6 heteroatoms. The van der Waals surface area contributed by atoms with Crippen LogP contribution in [0.5, 0.6) is 0 Å². The van der Waals surface area contributed by atoms with Gasteiger partial charge in [0.05, 0.1) is 12.7 Å². The van der Waals surface area contributed by atoms with Crippen molar-refractivity contribution in [3.63, 3.8) is 0 Å². The number of carbonyl (C=O) groups excluding carboxylic acids is 3. The average Bonchev–Trinajstić information content (AvgIpc) is 2.59. The topological polar surface area (TPSA) is 98.5 Å². The number of esters is 1. The highest BCUT2D eigenvalue weighted by molar-refractivity contribution is 5.98. The van der Waals surface area contributed by atoms with Crippen LogP contribution in [0.3, 0.4) is 0 Å². The van der Waals surface area contributed by atoms with Crippen molar-refractivity contribution in [2.24, 2.45) is 5.73 Å². The van der Waals surface area contributed by atoms with E-state index in [-0.39, 0.29) is 0 Å². The number of amides is 2. The second kappa shape index (κ2) is 7.22. The second-order valence-corrected chi connectivity index (χ2v) is 4.79. The van der Waals surface area contributed by atoms with Gasteiger partial charge in [0, 0.05) is 5.56 Å². The Hall–Kier alpha value is -3.15. The highest BCUT2D eigenvalue weighted by Gasteiger charge is 2.20. The van der Waals surface area contributed by atoms with Crippen molar-refractivity contribution in [1.29, 1.82) is 0 Å². The minimum absolute atomic E-state index is 0.305. The molecule has 118 valence electrons. The zero-order chi connectivity index (χ0) is 16.8. The molecule has 0 heterocycles. The summed E-state index contributed by atoms with van der Waals surface area (Å²) in [6.07, 6.45) is 0. The maximum Gasteiger partial charge on any atom is 0.337 e. The van der Waals surface area contributed by atoms with E-state index < -0.39 is 23.8 Å². The minimum atomic E-state index is -0.927. The van der Waals surface area contributed by atoms with Crippen LogP contribution in [0.4, 0.5) is 0 Å². The van der Waals surface area contributed by atoms with Crippen LogP contribution in [0.25, 0.3) is 0 Å². The van der Waals surface area contributed by atoms with Gasteiger partial charge in [-0.3, -0.25) is 9.59 Å². The summed E-state index contributed by atoms with van der Waals surface area (Å²) < 4.78 is 4.59. The molecule has 0 aromatic heterocycles. The monoisotopic (exact) mass is 312 g/mol. The SMILES string of the molecule is COC(=O)c1ccc(C(=O)NC(C(N)=O)c2ccccc2)cc1. The van der Waals surface area contributed by atoms with E-state index in [2.05, 4.69) is 10.1 Å². The van der Waals surface area contributed by atoms with E-state index in [1.165, 1.54) is 31.4 Å². The van der Waals surface area contributed by atoms with Crippen molar-refractivity contribution in [3.8, 4) is 0 Å². The predicted octanol–water partition coefficient (Wildman–Crippen LogP) is 1.43. The van der Waals surface area contributed by atoms with Gasteiger partial charge in [-0.15, -0.1) is 0 Å². The van der Waals surface area contributed by atoms with E-state index in [9.17, 15) is 14.4 Å². The van der Waals surface area contributed by atoms with Gasteiger partial charge in [0.2, 0.25) is 5.91 Å². The molecule has 0 aliphatic rings. The largest absolute Gasteiger partial charge is 0.465 e. The highest BCUT2D eigenvalue weighted by Crippen LogP contribution is 2.13. The molecule has 0 saturated carbocycles. The smallest absolute Gasteiger partial charge is 0.337 e. The van der Waals surface area contributed by atoms with Crippen molar-refractivity contribution in [2.45, 2.75) is 6.04 Å². The van der Waals surface area contributed by atoms with E-state index >= 15 is 0 Å². The van der Waals surface area contributed by atoms with Crippen molar-refractivity contribution in [1.82, 2.24) is 5.32 Å². The first-order chi connectivity index (χ1) is 11.0. The summed E-state index contributed by atoms with van der Waals surface area (Å²) in [6.45, 7) is 0. The summed E-state index contributed by atoms with van der Waals surface area (Å²) >= 11 is 0. The van der Waals surface area contributed by atoms with Gasteiger partial charge >= 0.3 is 5.97 Å². The molecule has 0 radical (unpaired) electrons. The molecule has 0 bridgehead atoms. The number of carbonyl (C=O) groups is 3. The first-order valence-electron chi connectivity index (χ1n) is 6.86. The Morgan fingerprint density at radius 1 is 0.957 bits per heavy atom. The minimum Gasteiger partial charge on any atom is -0.465 e. The Kier molecular flexibility index (Phi) is 5.09. The van der Waals surface area contributed by atoms with Crippen LogP contribution >= 0.6 is 0 Å². The molecule has 0 saturated heterocycles. The summed E-state index contributed by atoms with van der Waals surface area (Å²) in [5, 5.41) is 2.58. The lowest BCUT2D eigenvalue weighted by molar-refractivity contribution is -0.120. The molecule has 2 amide bonds. The van der Waals surface area contributed by atoms with Crippen LogP contribution in [-0.2, 0) is 9.53 Å². The number of nitrogens with one attached hydrogen (secondary N) is 1. The van der Waals surface area contributed by atoms with Gasteiger partial charge in [0.1, 0.15) is 6.04 Å². The van der Waals surface area contributed by atoms with Gasteiger partial charge in [-0.25, -0.2) is 4.79 Å². The lowest BCUT2D eigenvalue weighted by atomic mass is 10.1. The van der Waals surface area contributed by atoms with Crippen molar-refractivity contribution in [3.05, 3.63) is 71.3 Å². The number of ether oxygens (including phenoxy) is 1. The first-order valence-corrected chi connectivity index (χ1v) is 6.86. The van der Waals surface area contributed by atoms with Crippen LogP contribution < -0.4 is 11.1 Å². The van der Waals surface area contributed by atoms with E-state index in [0.29, 0.717) is 16.7 Å². The van der Waals surface area contributed by atoms with Crippen LogP contribution in [0.15, 0.2) is 54.6 Å². The van der Waals surface area contributed by atoms with Crippen molar-refractivity contribution < 1.29 is 19.1 Å². The lowest BCUT2D eigenvalue weighted by Gasteiger charge is -2.16. The first kappa shape index (κ1) is 16.2. The third-order valence-electron chi connectivity index (χ3n) is 3.26. The van der Waals surface area contributed by atoms with Crippen molar-refractivity contribution >= 4 is 17.8 Å². The second-order valence-electron chi connectivity index (χ2n) is 4.79. The number of primary amides is 1. The fourth-order valence-corrected chi connectivity index (χ4v) is 2.05. The zero-order valence-electron chi connectivity index (χ0n) is 12.5. The molecule has 1 atom stereocenters. The third-order valence-corrected chi connectivity index (χ3v) is 3.26. The maximum atomic E-state index is 12.2. The third kappa shape index (κ3) is 3.94. The van der Waals surface area contributed by atoms with E-state index in [1.54, 1.807) is 30.3 Å². The average molecular weight is 312 g/mol. The molecule has 0 aliphatic carbocycles. The number of nitrogens with two attached hydrogens (primary N) is 1. The van der Waals surface area contributed by atoms with Crippen molar-refractivity contribution in [2.75, 3.05) is 7.11 Å². The summed E-state index contributed by atoms with van der Waals surface area (Å²) in [5.41, 5.74) is 6.60. The molecule has 2 rings (SSSR count). The molecule has 0 fully saturated rings. The van der Waals surface area contributed by atoms with Gasteiger partial charge in [0.25, 0.3) is 5.91 Å². The van der Waals surface area contributed by atoms with Gasteiger partial charge < -0.3 is 15.8 Å². The summed E-state index contributed by atoms with van der Waals surface area (Å²) in [6, 6.07) is 13.7. The molecule has 0 spiro atoms. The fourth-order valence-electron chi connectivity index (χ4n) is 2.05. The van der Waals surface area contributed by atoms with E-state index in [0.717, 1.165) is 0 Å². The molecular weight excluding hydrogens is 296 g/mol. The Morgan fingerprint density at radius 2 is 1.52 bits per heavy atom. The number of methoxy groups -OCH3 is 1. The molecule has 6 nitrogen and oxygen atoms in total. The Labute approximate surface area is 133 Å². The van der Waals surface area contributed by atoms with Gasteiger partial charge in [0.15, 0.2) is 0 Å². The van der Waals surface area contributed by atoms with Gasteiger partial charge in [-0.1, -0.05) is 30.3 Å². The maximum absolute atomic E-state index is 12.2. The molecule has 2 aromatic rings. The Morgan fingerprint density at radius 3 is 2.04 bits per heavy atom.